The summed E-state index contributed by atoms with van der Waals surface area (Å²) in [5.41, 5.74) is 0.305. The van der Waals surface area contributed by atoms with Gasteiger partial charge in [-0.2, -0.15) is 0 Å². The quantitative estimate of drug-likeness (QED) is 0.890. The molecule has 2 amide bonds. The fraction of sp³-hybridized carbons (Fsp3) is 0.529. The van der Waals surface area contributed by atoms with Crippen molar-refractivity contribution in [2.75, 3.05) is 32.7 Å². The maximum atomic E-state index is 12.5. The summed E-state index contributed by atoms with van der Waals surface area (Å²) in [6.07, 6.45) is 1.43. The van der Waals surface area contributed by atoms with E-state index in [4.69, 9.17) is 0 Å². The highest BCUT2D eigenvalue weighted by atomic mass is 16.2. The van der Waals surface area contributed by atoms with Gasteiger partial charge in [-0.25, -0.2) is 0 Å². The lowest BCUT2D eigenvalue weighted by Crippen LogP contribution is -2.68. The molecule has 22 heavy (non-hydrogen) atoms. The third-order valence-corrected chi connectivity index (χ3v) is 4.98. The smallest absolute Gasteiger partial charge is 0.253 e. The van der Waals surface area contributed by atoms with Crippen LogP contribution in [0.3, 0.4) is 0 Å². The summed E-state index contributed by atoms with van der Waals surface area (Å²) in [6, 6.07) is 9.36. The Kier molecular flexibility index (Phi) is 4.16. The highest BCUT2D eigenvalue weighted by Gasteiger charge is 2.47. The van der Waals surface area contributed by atoms with E-state index in [9.17, 15) is 9.59 Å². The van der Waals surface area contributed by atoms with Gasteiger partial charge in [0.2, 0.25) is 5.91 Å². The van der Waals surface area contributed by atoms with Gasteiger partial charge in [-0.3, -0.25) is 14.5 Å². The fourth-order valence-corrected chi connectivity index (χ4v) is 3.67. The maximum Gasteiger partial charge on any atom is 0.253 e. The lowest BCUT2D eigenvalue weighted by atomic mass is 9.83. The van der Waals surface area contributed by atoms with Crippen molar-refractivity contribution in [1.82, 2.24) is 15.1 Å². The molecule has 5 heteroatoms. The van der Waals surface area contributed by atoms with Crippen LogP contribution in [0.5, 0.6) is 0 Å². The van der Waals surface area contributed by atoms with Gasteiger partial charge >= 0.3 is 0 Å². The van der Waals surface area contributed by atoms with E-state index >= 15 is 0 Å². The van der Waals surface area contributed by atoms with Crippen LogP contribution in [0.4, 0.5) is 0 Å². The van der Waals surface area contributed by atoms with Crippen molar-refractivity contribution in [2.24, 2.45) is 0 Å². The van der Waals surface area contributed by atoms with Gasteiger partial charge in [0.15, 0.2) is 0 Å². The Bertz CT molecular complexity index is 550. The molecule has 1 aromatic rings. The van der Waals surface area contributed by atoms with Gasteiger partial charge in [0.05, 0.1) is 0 Å². The number of rotatable bonds is 2. The van der Waals surface area contributed by atoms with E-state index in [-0.39, 0.29) is 11.8 Å². The van der Waals surface area contributed by atoms with Gasteiger partial charge in [0.25, 0.3) is 5.91 Å². The van der Waals surface area contributed by atoms with Gasteiger partial charge in [-0.1, -0.05) is 25.1 Å². The van der Waals surface area contributed by atoms with Crippen LogP contribution in [0, 0.1) is 0 Å². The highest BCUT2D eigenvalue weighted by molar-refractivity contribution is 5.94. The van der Waals surface area contributed by atoms with E-state index in [1.165, 1.54) is 0 Å². The van der Waals surface area contributed by atoms with Gasteiger partial charge in [0.1, 0.15) is 5.54 Å². The van der Waals surface area contributed by atoms with Crippen molar-refractivity contribution in [3.8, 4) is 0 Å². The third-order valence-electron chi connectivity index (χ3n) is 4.98. The standard InChI is InChI=1S/C17H23N3O2/c1-2-20-13-10-18-16(22)17(20)8-11-19(12-9-17)15(21)14-6-4-3-5-7-14/h3-7H,2,8-13H2,1H3,(H,18,22). The van der Waals surface area contributed by atoms with Gasteiger partial charge in [-0.05, 0) is 31.5 Å². The minimum atomic E-state index is -0.416. The second-order valence-corrected chi connectivity index (χ2v) is 6.03. The summed E-state index contributed by atoms with van der Waals surface area (Å²) < 4.78 is 0. The molecule has 0 saturated carbocycles. The minimum Gasteiger partial charge on any atom is -0.353 e. The summed E-state index contributed by atoms with van der Waals surface area (Å²) >= 11 is 0. The molecular weight excluding hydrogens is 278 g/mol. The second kappa shape index (κ2) is 6.08. The van der Waals surface area contributed by atoms with Gasteiger partial charge in [-0.15, -0.1) is 0 Å². The molecule has 2 aliphatic heterocycles. The zero-order chi connectivity index (χ0) is 15.6. The largest absolute Gasteiger partial charge is 0.353 e. The van der Waals surface area contributed by atoms with Crippen LogP contribution >= 0.6 is 0 Å². The molecule has 5 nitrogen and oxygen atoms in total. The lowest BCUT2D eigenvalue weighted by Gasteiger charge is -2.49. The summed E-state index contributed by atoms with van der Waals surface area (Å²) in [5, 5.41) is 3.00. The Morgan fingerprint density at radius 3 is 2.50 bits per heavy atom. The fourth-order valence-electron chi connectivity index (χ4n) is 3.67. The van der Waals surface area contributed by atoms with Crippen molar-refractivity contribution in [3.63, 3.8) is 0 Å². The molecule has 0 unspecified atom stereocenters. The molecule has 2 saturated heterocycles. The molecule has 0 bridgehead atoms. The monoisotopic (exact) mass is 301 g/mol. The molecule has 1 spiro atoms. The molecule has 118 valence electrons. The number of likely N-dealkylation sites (tertiary alicyclic amines) is 1. The number of hydrogen-bond donors (Lipinski definition) is 1. The van der Waals surface area contributed by atoms with Crippen LogP contribution in [-0.4, -0.2) is 59.9 Å². The van der Waals surface area contributed by atoms with Crippen molar-refractivity contribution in [1.29, 1.82) is 0 Å². The van der Waals surface area contributed by atoms with Crippen LogP contribution in [0.1, 0.15) is 30.1 Å². The van der Waals surface area contributed by atoms with E-state index in [0.29, 0.717) is 25.9 Å². The molecule has 3 rings (SSSR count). The number of likely N-dealkylation sites (N-methyl/N-ethyl adjacent to an activating group) is 1. The van der Waals surface area contributed by atoms with Crippen molar-refractivity contribution < 1.29 is 9.59 Å². The van der Waals surface area contributed by atoms with Crippen LogP contribution < -0.4 is 5.32 Å². The topological polar surface area (TPSA) is 52.7 Å². The third kappa shape index (κ3) is 2.50. The molecule has 0 aromatic heterocycles. The molecule has 2 heterocycles. The van der Waals surface area contributed by atoms with E-state index < -0.39 is 5.54 Å². The Labute approximate surface area is 131 Å². The van der Waals surface area contributed by atoms with Crippen LogP contribution in [0.15, 0.2) is 30.3 Å². The van der Waals surface area contributed by atoms with E-state index in [2.05, 4.69) is 17.1 Å². The zero-order valence-corrected chi connectivity index (χ0v) is 13.0. The first-order valence-corrected chi connectivity index (χ1v) is 8.05. The molecule has 0 radical (unpaired) electrons. The lowest BCUT2D eigenvalue weighted by molar-refractivity contribution is -0.140. The van der Waals surface area contributed by atoms with E-state index in [1.54, 1.807) is 0 Å². The average molecular weight is 301 g/mol. The Hall–Kier alpha value is -1.88. The highest BCUT2D eigenvalue weighted by Crippen LogP contribution is 2.31. The summed E-state index contributed by atoms with van der Waals surface area (Å²) in [5.74, 6) is 0.196. The van der Waals surface area contributed by atoms with E-state index in [1.807, 2.05) is 35.2 Å². The van der Waals surface area contributed by atoms with E-state index in [0.717, 1.165) is 25.2 Å². The number of hydrogen-bond acceptors (Lipinski definition) is 3. The van der Waals surface area contributed by atoms with Crippen LogP contribution in [0.25, 0.3) is 0 Å². The van der Waals surface area contributed by atoms with Crippen molar-refractivity contribution >= 4 is 11.8 Å². The minimum absolute atomic E-state index is 0.0646. The summed E-state index contributed by atoms with van der Waals surface area (Å²) in [6.45, 7) is 5.87. The average Bonchev–Trinajstić information content (AvgIpc) is 2.58. The predicted molar refractivity (Wildman–Crippen MR) is 84.6 cm³/mol. The number of amides is 2. The molecule has 0 atom stereocenters. The number of nitrogens with zero attached hydrogens (tertiary/aromatic N) is 2. The molecule has 0 aliphatic carbocycles. The first-order chi connectivity index (χ1) is 10.7. The summed E-state index contributed by atoms with van der Waals surface area (Å²) in [4.78, 5) is 29.1. The predicted octanol–water partition coefficient (Wildman–Crippen LogP) is 1.11. The first kappa shape index (κ1) is 15.0. The maximum absolute atomic E-state index is 12.5. The number of carbonyl (C=O) groups is 2. The molecular formula is C17H23N3O2. The number of piperidine rings is 1. The Balaban J connectivity index is 1.71. The van der Waals surface area contributed by atoms with Gasteiger partial charge in [0, 0.05) is 31.7 Å². The normalized spacial score (nSPS) is 21.7. The number of carbonyl (C=O) groups excluding carboxylic acids is 2. The zero-order valence-electron chi connectivity index (χ0n) is 13.0. The van der Waals surface area contributed by atoms with Crippen LogP contribution in [-0.2, 0) is 4.79 Å². The van der Waals surface area contributed by atoms with Crippen LogP contribution in [0.2, 0.25) is 0 Å². The molecule has 1 N–H and O–H groups in total. The molecule has 2 fully saturated rings. The number of piperazine rings is 1. The first-order valence-electron chi connectivity index (χ1n) is 8.05. The van der Waals surface area contributed by atoms with Gasteiger partial charge < -0.3 is 10.2 Å². The Morgan fingerprint density at radius 2 is 1.86 bits per heavy atom. The SMILES string of the molecule is CCN1CCNC(=O)C12CCN(C(=O)c1ccccc1)CC2. The molecule has 2 aliphatic rings. The van der Waals surface area contributed by atoms with Crippen molar-refractivity contribution in [3.05, 3.63) is 35.9 Å². The Morgan fingerprint density at radius 1 is 1.18 bits per heavy atom. The number of benzene rings is 1. The number of nitrogens with one attached hydrogen (secondary N) is 1. The molecule has 1 aromatic carbocycles. The second-order valence-electron chi connectivity index (χ2n) is 6.03. The summed E-state index contributed by atoms with van der Waals surface area (Å²) in [7, 11) is 0. The van der Waals surface area contributed by atoms with Crippen molar-refractivity contribution in [2.45, 2.75) is 25.3 Å².